The summed E-state index contributed by atoms with van der Waals surface area (Å²) in [6.07, 6.45) is 0.153. The first-order valence-electron chi connectivity index (χ1n) is 9.21. The Bertz CT molecular complexity index is 954. The van der Waals surface area contributed by atoms with Gasteiger partial charge in [0.25, 0.3) is 0 Å². The molecule has 0 saturated carbocycles. The molecule has 0 heterocycles. The Kier molecular flexibility index (Phi) is 8.06. The highest BCUT2D eigenvalue weighted by Gasteiger charge is 2.27. The average molecular weight is 411 g/mol. The Morgan fingerprint density at radius 1 is 1.03 bits per heavy atom. The molecule has 0 bridgehead atoms. The molecule has 0 unspecified atom stereocenters. The molecule has 2 aromatic carbocycles. The van der Waals surface area contributed by atoms with E-state index >= 15 is 0 Å². The summed E-state index contributed by atoms with van der Waals surface area (Å²) in [5.74, 6) is -2.12. The molecule has 0 aliphatic rings. The van der Waals surface area contributed by atoms with Crippen LogP contribution in [0.4, 0.5) is 4.39 Å². The maximum Gasteiger partial charge on any atom is 0.328 e. The van der Waals surface area contributed by atoms with E-state index in [1.165, 1.54) is 38.3 Å². The zero-order chi connectivity index (χ0) is 22.1. The fourth-order valence-corrected chi connectivity index (χ4v) is 2.95. The molecular weight excluding hydrogens is 389 g/mol. The number of esters is 1. The van der Waals surface area contributed by atoms with Crippen molar-refractivity contribution in [2.45, 2.75) is 31.8 Å². The van der Waals surface area contributed by atoms with Crippen molar-refractivity contribution >= 4 is 17.8 Å². The third kappa shape index (κ3) is 6.41. The van der Waals surface area contributed by atoms with E-state index < -0.39 is 35.7 Å². The molecule has 0 spiro atoms. The van der Waals surface area contributed by atoms with E-state index in [2.05, 4.69) is 10.6 Å². The van der Waals surface area contributed by atoms with E-state index in [-0.39, 0.29) is 12.8 Å². The zero-order valence-electron chi connectivity index (χ0n) is 16.6. The van der Waals surface area contributed by atoms with E-state index in [0.29, 0.717) is 16.7 Å². The normalized spacial score (nSPS) is 12.2. The molecule has 0 aliphatic heterocycles. The number of nitriles is 1. The van der Waals surface area contributed by atoms with Crippen molar-refractivity contribution in [3.05, 3.63) is 71.0 Å². The predicted molar refractivity (Wildman–Crippen MR) is 107 cm³/mol. The van der Waals surface area contributed by atoms with Crippen LogP contribution in [0.3, 0.4) is 0 Å². The fraction of sp³-hybridized carbons (Fsp3) is 0.273. The van der Waals surface area contributed by atoms with Gasteiger partial charge < -0.3 is 15.4 Å². The number of carbonyl (C=O) groups excluding carboxylic acids is 3. The number of nitrogens with one attached hydrogen (secondary N) is 2. The lowest BCUT2D eigenvalue weighted by molar-refractivity contribution is -0.145. The number of halogens is 1. The maximum atomic E-state index is 13.1. The molecule has 8 heteroatoms. The second-order valence-electron chi connectivity index (χ2n) is 6.64. The summed E-state index contributed by atoms with van der Waals surface area (Å²) in [6, 6.07) is 12.3. The molecule has 7 nitrogen and oxygen atoms in total. The van der Waals surface area contributed by atoms with E-state index in [9.17, 15) is 24.0 Å². The Hall–Kier alpha value is -3.73. The summed E-state index contributed by atoms with van der Waals surface area (Å²) in [7, 11) is 1.20. The summed E-state index contributed by atoms with van der Waals surface area (Å²) < 4.78 is 17.9. The summed E-state index contributed by atoms with van der Waals surface area (Å²) in [5.41, 5.74) is 1.59. The minimum atomic E-state index is -1.05. The van der Waals surface area contributed by atoms with Gasteiger partial charge in [0.2, 0.25) is 11.8 Å². The molecule has 2 atom stereocenters. The van der Waals surface area contributed by atoms with Gasteiger partial charge in [-0.05, 0) is 29.3 Å². The highest BCUT2D eigenvalue weighted by Crippen LogP contribution is 2.12. The number of carbonyl (C=O) groups is 3. The smallest absolute Gasteiger partial charge is 0.328 e. The van der Waals surface area contributed by atoms with Crippen LogP contribution in [0, 0.1) is 17.1 Å². The SMILES string of the molecule is COC(=O)[C@@H](Cc1ccccc1C#N)NC(=O)[C@H](Cc1ccc(F)cc1)NC(C)=O. The van der Waals surface area contributed by atoms with Crippen LogP contribution in [0.15, 0.2) is 48.5 Å². The van der Waals surface area contributed by atoms with Crippen LogP contribution in [0.25, 0.3) is 0 Å². The zero-order valence-corrected chi connectivity index (χ0v) is 16.6. The molecule has 30 heavy (non-hydrogen) atoms. The average Bonchev–Trinajstić information content (AvgIpc) is 2.73. The molecule has 0 aromatic heterocycles. The molecule has 0 radical (unpaired) electrons. The number of methoxy groups -OCH3 is 1. The Balaban J connectivity index is 2.21. The fourth-order valence-electron chi connectivity index (χ4n) is 2.95. The van der Waals surface area contributed by atoms with Gasteiger partial charge >= 0.3 is 5.97 Å². The monoisotopic (exact) mass is 411 g/mol. The number of benzene rings is 2. The molecule has 156 valence electrons. The molecule has 2 amide bonds. The predicted octanol–water partition coefficient (Wildman–Crippen LogP) is 1.65. The molecule has 0 saturated heterocycles. The number of hydrogen-bond donors (Lipinski definition) is 2. The van der Waals surface area contributed by atoms with E-state index in [1.807, 2.05) is 6.07 Å². The first kappa shape index (κ1) is 22.6. The Morgan fingerprint density at radius 3 is 2.30 bits per heavy atom. The lowest BCUT2D eigenvalue weighted by Crippen LogP contribution is -2.53. The number of ether oxygens (including phenoxy) is 1. The summed E-state index contributed by atoms with van der Waals surface area (Å²) in [6.45, 7) is 1.27. The first-order chi connectivity index (χ1) is 14.3. The van der Waals surface area contributed by atoms with Crippen LogP contribution < -0.4 is 10.6 Å². The van der Waals surface area contributed by atoms with Crippen LogP contribution >= 0.6 is 0 Å². The number of nitrogens with zero attached hydrogens (tertiary/aromatic N) is 1. The van der Waals surface area contributed by atoms with Crippen molar-refractivity contribution < 1.29 is 23.5 Å². The van der Waals surface area contributed by atoms with Gasteiger partial charge in [-0.1, -0.05) is 30.3 Å². The van der Waals surface area contributed by atoms with Gasteiger partial charge in [-0.25, -0.2) is 9.18 Å². The number of amides is 2. The van der Waals surface area contributed by atoms with Gasteiger partial charge in [0.15, 0.2) is 0 Å². The summed E-state index contributed by atoms with van der Waals surface area (Å²) >= 11 is 0. The van der Waals surface area contributed by atoms with Crippen LogP contribution in [0.2, 0.25) is 0 Å². The van der Waals surface area contributed by atoms with Crippen molar-refractivity contribution in [2.75, 3.05) is 7.11 Å². The van der Waals surface area contributed by atoms with Crippen molar-refractivity contribution in [2.24, 2.45) is 0 Å². The third-order valence-corrected chi connectivity index (χ3v) is 4.41. The van der Waals surface area contributed by atoms with Gasteiger partial charge in [0.1, 0.15) is 17.9 Å². The van der Waals surface area contributed by atoms with Crippen molar-refractivity contribution in [1.82, 2.24) is 10.6 Å². The van der Waals surface area contributed by atoms with E-state index in [1.54, 1.807) is 24.3 Å². The van der Waals surface area contributed by atoms with Crippen molar-refractivity contribution in [3.63, 3.8) is 0 Å². The lowest BCUT2D eigenvalue weighted by atomic mass is 10.00. The van der Waals surface area contributed by atoms with Gasteiger partial charge in [-0.2, -0.15) is 5.26 Å². The van der Waals surface area contributed by atoms with Crippen LogP contribution in [0.1, 0.15) is 23.6 Å². The summed E-state index contributed by atoms with van der Waals surface area (Å²) in [4.78, 5) is 36.7. The van der Waals surface area contributed by atoms with Crippen LogP contribution in [0.5, 0.6) is 0 Å². The minimum absolute atomic E-state index is 0.0471. The van der Waals surface area contributed by atoms with Gasteiger partial charge in [0, 0.05) is 19.8 Å². The van der Waals surface area contributed by atoms with Crippen molar-refractivity contribution in [3.8, 4) is 6.07 Å². The minimum Gasteiger partial charge on any atom is -0.467 e. The Labute approximate surface area is 173 Å². The largest absolute Gasteiger partial charge is 0.467 e. The van der Waals surface area contributed by atoms with Crippen LogP contribution in [-0.2, 0) is 32.0 Å². The van der Waals surface area contributed by atoms with E-state index in [0.717, 1.165) is 0 Å². The highest BCUT2D eigenvalue weighted by molar-refractivity contribution is 5.90. The van der Waals surface area contributed by atoms with Gasteiger partial charge in [-0.3, -0.25) is 9.59 Å². The molecular formula is C22H22FN3O4. The third-order valence-electron chi connectivity index (χ3n) is 4.41. The highest BCUT2D eigenvalue weighted by atomic mass is 19.1. The van der Waals surface area contributed by atoms with Gasteiger partial charge in [-0.15, -0.1) is 0 Å². The first-order valence-corrected chi connectivity index (χ1v) is 9.21. The number of rotatable bonds is 8. The Morgan fingerprint density at radius 2 is 1.70 bits per heavy atom. The topological polar surface area (TPSA) is 108 Å². The standard InChI is InChI=1S/C22H22FN3O4/c1-14(27)25-19(11-15-7-9-18(23)10-8-15)21(28)26-20(22(29)30-2)12-16-5-3-4-6-17(16)13-24/h3-10,19-20H,11-12H2,1-2H3,(H,25,27)(H,26,28)/t19-,20+/m0/s1. The van der Waals surface area contributed by atoms with Crippen molar-refractivity contribution in [1.29, 1.82) is 5.26 Å². The quantitative estimate of drug-likeness (QED) is 0.642. The second-order valence-corrected chi connectivity index (χ2v) is 6.64. The van der Waals surface area contributed by atoms with Crippen LogP contribution in [-0.4, -0.2) is 37.0 Å². The molecule has 2 N–H and O–H groups in total. The second kappa shape index (κ2) is 10.7. The molecule has 2 aromatic rings. The maximum absolute atomic E-state index is 13.1. The lowest BCUT2D eigenvalue weighted by Gasteiger charge is -2.22. The molecule has 0 fully saturated rings. The molecule has 2 rings (SSSR count). The molecule has 0 aliphatic carbocycles. The van der Waals surface area contributed by atoms with E-state index in [4.69, 9.17) is 4.74 Å². The number of hydrogen-bond acceptors (Lipinski definition) is 5. The summed E-state index contributed by atoms with van der Waals surface area (Å²) in [5, 5.41) is 14.4. The van der Waals surface area contributed by atoms with Gasteiger partial charge in [0.05, 0.1) is 18.7 Å².